The molecule has 1 saturated heterocycles. The summed E-state index contributed by atoms with van der Waals surface area (Å²) in [7, 11) is 1.68. The van der Waals surface area contributed by atoms with E-state index in [0.29, 0.717) is 13.1 Å². The van der Waals surface area contributed by atoms with E-state index in [0.717, 1.165) is 5.56 Å². The molecule has 2 heterocycles. The van der Waals surface area contributed by atoms with Crippen LogP contribution in [0.5, 0.6) is 0 Å². The second kappa shape index (κ2) is 5.84. The summed E-state index contributed by atoms with van der Waals surface area (Å²) < 4.78 is 6.83. The van der Waals surface area contributed by atoms with Crippen LogP contribution in [0.4, 0.5) is 4.79 Å². The highest BCUT2D eigenvalue weighted by Gasteiger charge is 2.38. The van der Waals surface area contributed by atoms with Crippen molar-refractivity contribution in [2.45, 2.75) is 32.3 Å². The lowest BCUT2D eigenvalue weighted by Crippen LogP contribution is -2.35. The summed E-state index contributed by atoms with van der Waals surface area (Å²) in [6.45, 7) is 6.13. The molecule has 1 amide bonds. The third kappa shape index (κ3) is 3.48. The van der Waals surface area contributed by atoms with Crippen molar-refractivity contribution in [3.8, 4) is 6.07 Å². The summed E-state index contributed by atoms with van der Waals surface area (Å²) in [6.07, 6.45) is 1.27. The first-order valence-electron chi connectivity index (χ1n) is 7.25. The van der Waals surface area contributed by atoms with Gasteiger partial charge >= 0.3 is 6.09 Å². The quantitative estimate of drug-likeness (QED) is 0.793. The van der Waals surface area contributed by atoms with Gasteiger partial charge in [-0.1, -0.05) is 0 Å². The summed E-state index contributed by atoms with van der Waals surface area (Å²) in [5, 5.41) is 9.34. The lowest BCUT2D eigenvalue weighted by atomic mass is 9.91. The molecule has 0 aromatic carbocycles. The molecule has 0 saturated carbocycles. The Bertz CT molecular complexity index is 666. The number of amides is 1. The summed E-state index contributed by atoms with van der Waals surface area (Å²) in [4.78, 5) is 25.5. The zero-order valence-corrected chi connectivity index (χ0v) is 13.4. The minimum Gasteiger partial charge on any atom is -0.444 e. The van der Waals surface area contributed by atoms with Crippen LogP contribution in [0.2, 0.25) is 0 Å². The maximum absolute atomic E-state index is 12.1. The average molecular weight is 303 g/mol. The molecule has 0 N–H and O–H groups in total. The first-order chi connectivity index (χ1) is 10.2. The molecule has 0 spiro atoms. The molecule has 118 valence electrons. The van der Waals surface area contributed by atoms with Gasteiger partial charge in [-0.25, -0.2) is 4.79 Å². The Morgan fingerprint density at radius 1 is 1.41 bits per heavy atom. The molecule has 1 fully saturated rings. The van der Waals surface area contributed by atoms with Crippen molar-refractivity contribution in [1.82, 2.24) is 9.47 Å². The Morgan fingerprint density at radius 2 is 2.09 bits per heavy atom. The van der Waals surface area contributed by atoms with Crippen LogP contribution in [0.1, 0.15) is 32.3 Å². The summed E-state index contributed by atoms with van der Waals surface area (Å²) in [5.74, 6) is -0.494. The van der Waals surface area contributed by atoms with E-state index in [2.05, 4.69) is 6.07 Å². The Morgan fingerprint density at radius 3 is 2.64 bits per heavy atom. The number of aromatic nitrogens is 1. The number of aryl methyl sites for hydroxylation is 1. The van der Waals surface area contributed by atoms with Gasteiger partial charge < -0.3 is 14.2 Å². The molecule has 0 aliphatic carbocycles. The molecular formula is C16H21N3O3. The molecule has 2 unspecified atom stereocenters. The van der Waals surface area contributed by atoms with Crippen molar-refractivity contribution in [1.29, 1.82) is 5.26 Å². The van der Waals surface area contributed by atoms with Gasteiger partial charge in [0, 0.05) is 38.3 Å². The maximum Gasteiger partial charge on any atom is 0.410 e. The number of carbonyl (C=O) groups excluding carboxylic acids is 1. The number of ether oxygens (including phenoxy) is 1. The number of rotatable bonds is 1. The highest BCUT2D eigenvalue weighted by atomic mass is 16.6. The van der Waals surface area contributed by atoms with E-state index in [1.54, 1.807) is 38.9 Å². The van der Waals surface area contributed by atoms with Crippen molar-refractivity contribution in [3.63, 3.8) is 0 Å². The van der Waals surface area contributed by atoms with Gasteiger partial charge in [0.1, 0.15) is 5.60 Å². The van der Waals surface area contributed by atoms with Crippen molar-refractivity contribution in [3.05, 3.63) is 34.2 Å². The summed E-state index contributed by atoms with van der Waals surface area (Å²) in [5.41, 5.74) is 0.102. The molecule has 1 aliphatic heterocycles. The minimum absolute atomic E-state index is 0.120. The number of carbonyl (C=O) groups is 1. The first-order valence-corrected chi connectivity index (χ1v) is 7.25. The zero-order valence-electron chi connectivity index (χ0n) is 13.4. The number of nitriles is 1. The van der Waals surface area contributed by atoms with Crippen LogP contribution >= 0.6 is 0 Å². The molecule has 22 heavy (non-hydrogen) atoms. The number of nitrogens with zero attached hydrogens (tertiary/aromatic N) is 3. The monoisotopic (exact) mass is 303 g/mol. The van der Waals surface area contributed by atoms with Crippen LogP contribution in [-0.2, 0) is 11.8 Å². The molecule has 2 rings (SSSR count). The van der Waals surface area contributed by atoms with Crippen LogP contribution in [0.3, 0.4) is 0 Å². The molecule has 1 aromatic heterocycles. The molecule has 0 radical (unpaired) electrons. The Hall–Kier alpha value is -2.29. The SMILES string of the molecule is Cn1ccc(C2CN(C(=O)OC(C)(C)C)CC2C#N)cc1=O. The van der Waals surface area contributed by atoms with E-state index in [4.69, 9.17) is 4.74 Å². The van der Waals surface area contributed by atoms with E-state index in [1.807, 2.05) is 6.07 Å². The highest BCUT2D eigenvalue weighted by Crippen LogP contribution is 2.32. The Kier molecular flexibility index (Phi) is 4.27. The van der Waals surface area contributed by atoms with Crippen LogP contribution < -0.4 is 5.56 Å². The second-order valence-corrected chi connectivity index (χ2v) is 6.64. The maximum atomic E-state index is 12.1. The second-order valence-electron chi connectivity index (χ2n) is 6.64. The number of likely N-dealkylation sites (tertiary alicyclic amines) is 1. The highest BCUT2D eigenvalue weighted by molar-refractivity contribution is 5.69. The normalized spacial score (nSPS) is 21.5. The average Bonchev–Trinajstić information content (AvgIpc) is 2.84. The van der Waals surface area contributed by atoms with E-state index in [-0.39, 0.29) is 17.4 Å². The predicted octanol–water partition coefficient (Wildman–Crippen LogP) is 1.86. The minimum atomic E-state index is -0.569. The van der Waals surface area contributed by atoms with Crippen LogP contribution in [0.15, 0.2) is 23.1 Å². The summed E-state index contributed by atoms with van der Waals surface area (Å²) in [6, 6.07) is 5.60. The van der Waals surface area contributed by atoms with Crippen molar-refractivity contribution < 1.29 is 9.53 Å². The van der Waals surface area contributed by atoms with Gasteiger partial charge in [-0.2, -0.15) is 5.26 Å². The van der Waals surface area contributed by atoms with Gasteiger partial charge in [-0.15, -0.1) is 0 Å². The first kappa shape index (κ1) is 16.1. The van der Waals surface area contributed by atoms with Gasteiger partial charge in [-0.3, -0.25) is 4.79 Å². The van der Waals surface area contributed by atoms with Gasteiger partial charge in [0.25, 0.3) is 5.56 Å². The Labute approximate surface area is 129 Å². The fourth-order valence-electron chi connectivity index (χ4n) is 2.54. The van der Waals surface area contributed by atoms with Crippen LogP contribution in [-0.4, -0.2) is 34.3 Å². The molecule has 2 atom stereocenters. The van der Waals surface area contributed by atoms with Gasteiger partial charge in [0.15, 0.2) is 0 Å². The van der Waals surface area contributed by atoms with Crippen molar-refractivity contribution in [2.24, 2.45) is 13.0 Å². The van der Waals surface area contributed by atoms with E-state index < -0.39 is 11.7 Å². The molecule has 1 aromatic rings. The van der Waals surface area contributed by atoms with Gasteiger partial charge in [0.2, 0.25) is 0 Å². The predicted molar refractivity (Wildman–Crippen MR) is 81.3 cm³/mol. The van der Waals surface area contributed by atoms with Gasteiger partial charge in [0.05, 0.1) is 12.0 Å². The van der Waals surface area contributed by atoms with E-state index in [9.17, 15) is 14.9 Å². The number of hydrogen-bond acceptors (Lipinski definition) is 4. The third-order valence-electron chi connectivity index (χ3n) is 3.69. The van der Waals surface area contributed by atoms with Crippen LogP contribution in [0, 0.1) is 17.2 Å². The molecule has 1 aliphatic rings. The van der Waals surface area contributed by atoms with E-state index in [1.165, 1.54) is 10.6 Å². The lowest BCUT2D eigenvalue weighted by Gasteiger charge is -2.24. The zero-order chi connectivity index (χ0) is 16.5. The molecule has 6 heteroatoms. The van der Waals surface area contributed by atoms with Gasteiger partial charge in [-0.05, 0) is 32.4 Å². The van der Waals surface area contributed by atoms with Crippen molar-refractivity contribution >= 4 is 6.09 Å². The molecule has 6 nitrogen and oxygen atoms in total. The smallest absolute Gasteiger partial charge is 0.410 e. The number of pyridine rings is 1. The fourth-order valence-corrected chi connectivity index (χ4v) is 2.54. The topological polar surface area (TPSA) is 75.3 Å². The lowest BCUT2D eigenvalue weighted by molar-refractivity contribution is 0.0289. The molecular weight excluding hydrogens is 282 g/mol. The standard InChI is InChI=1S/C16H21N3O3/c1-16(2,3)22-15(21)19-9-12(8-17)13(10-19)11-5-6-18(4)14(20)7-11/h5-7,12-13H,9-10H2,1-4H3. The largest absolute Gasteiger partial charge is 0.444 e. The number of hydrogen-bond donors (Lipinski definition) is 0. The summed E-state index contributed by atoms with van der Waals surface area (Å²) >= 11 is 0. The Balaban J connectivity index is 2.20. The molecule has 0 bridgehead atoms. The van der Waals surface area contributed by atoms with E-state index >= 15 is 0 Å². The third-order valence-corrected chi connectivity index (χ3v) is 3.69. The van der Waals surface area contributed by atoms with Crippen molar-refractivity contribution in [2.75, 3.05) is 13.1 Å². The van der Waals surface area contributed by atoms with Crippen LogP contribution in [0.25, 0.3) is 0 Å². The fraction of sp³-hybridized carbons (Fsp3) is 0.562.